The minimum Gasteiger partial charge on any atom is -0.488 e. The van der Waals surface area contributed by atoms with Crippen molar-refractivity contribution < 1.29 is 9.13 Å². The number of halogens is 2. The third kappa shape index (κ3) is 4.33. The van der Waals surface area contributed by atoms with Crippen LogP contribution in [0.4, 0.5) is 4.39 Å². The number of ether oxygens (including phenoxy) is 1. The van der Waals surface area contributed by atoms with Crippen molar-refractivity contribution in [1.82, 2.24) is 9.66 Å². The van der Waals surface area contributed by atoms with Gasteiger partial charge in [-0.2, -0.15) is 5.10 Å². The fourth-order valence-corrected chi connectivity index (χ4v) is 3.58. The maximum atomic E-state index is 13.3. The van der Waals surface area contributed by atoms with Gasteiger partial charge in [0.25, 0.3) is 5.56 Å². The fraction of sp³-hybridized carbons (Fsp3) is 0.0455. The van der Waals surface area contributed by atoms with Gasteiger partial charge in [0.1, 0.15) is 18.2 Å². The van der Waals surface area contributed by atoms with Crippen LogP contribution in [-0.2, 0) is 6.61 Å². The molecule has 0 unspecified atom stereocenters. The maximum Gasteiger partial charge on any atom is 0.349 e. The predicted octanol–water partition coefficient (Wildman–Crippen LogP) is 3.89. The number of fused-ring (bicyclic) bond motifs is 1. The predicted molar refractivity (Wildman–Crippen MR) is 122 cm³/mol. The van der Waals surface area contributed by atoms with Gasteiger partial charge in [-0.3, -0.25) is 4.79 Å². The summed E-state index contributed by atoms with van der Waals surface area (Å²) in [5.74, 6) is 0.328. The monoisotopic (exact) mass is 515 g/mol. The lowest BCUT2D eigenvalue weighted by atomic mass is 10.2. The van der Waals surface area contributed by atoms with Crippen molar-refractivity contribution in [2.75, 3.05) is 0 Å². The van der Waals surface area contributed by atoms with E-state index in [-0.39, 0.29) is 12.4 Å². The van der Waals surface area contributed by atoms with Gasteiger partial charge in [-0.1, -0.05) is 24.3 Å². The number of aromatic nitrogens is 2. The lowest BCUT2D eigenvalue weighted by Crippen LogP contribution is -2.32. The van der Waals surface area contributed by atoms with Gasteiger partial charge in [0.2, 0.25) is 0 Å². The molecule has 0 saturated heterocycles. The molecule has 30 heavy (non-hydrogen) atoms. The largest absolute Gasteiger partial charge is 0.488 e. The van der Waals surface area contributed by atoms with Crippen molar-refractivity contribution in [3.8, 4) is 5.75 Å². The van der Waals surface area contributed by atoms with Gasteiger partial charge in [-0.15, -0.1) is 4.68 Å². The number of rotatable bonds is 5. The van der Waals surface area contributed by atoms with E-state index in [1.165, 1.54) is 18.3 Å². The first-order valence-corrected chi connectivity index (χ1v) is 10.0. The molecular formula is C22H15FIN3O3. The van der Waals surface area contributed by atoms with Gasteiger partial charge in [0, 0.05) is 0 Å². The summed E-state index contributed by atoms with van der Waals surface area (Å²) in [6, 6.07) is 18.3. The van der Waals surface area contributed by atoms with Crippen LogP contribution in [0.25, 0.3) is 10.9 Å². The summed E-state index contributed by atoms with van der Waals surface area (Å²) >= 11 is 2.12. The average Bonchev–Trinajstić information content (AvgIpc) is 2.73. The zero-order chi connectivity index (χ0) is 21.1. The lowest BCUT2D eigenvalue weighted by molar-refractivity contribution is 0.303. The van der Waals surface area contributed by atoms with E-state index in [1.807, 2.05) is 6.07 Å². The van der Waals surface area contributed by atoms with Crippen LogP contribution in [0.2, 0.25) is 0 Å². The highest BCUT2D eigenvalue weighted by Gasteiger charge is 2.07. The van der Waals surface area contributed by atoms with E-state index in [1.54, 1.807) is 48.5 Å². The number of nitrogens with one attached hydrogen (secondary N) is 1. The molecule has 0 saturated carbocycles. The molecule has 6 nitrogen and oxygen atoms in total. The molecule has 8 heteroatoms. The molecule has 0 bridgehead atoms. The Hall–Kier alpha value is -3.27. The van der Waals surface area contributed by atoms with Crippen molar-refractivity contribution in [3.63, 3.8) is 0 Å². The summed E-state index contributed by atoms with van der Waals surface area (Å²) in [5.41, 5.74) is 0.784. The third-order valence-electron chi connectivity index (χ3n) is 4.35. The fourth-order valence-electron chi connectivity index (χ4n) is 2.88. The van der Waals surface area contributed by atoms with Crippen LogP contribution in [0.1, 0.15) is 11.1 Å². The molecule has 0 aliphatic rings. The van der Waals surface area contributed by atoms with Crippen molar-refractivity contribution in [2.45, 2.75) is 6.61 Å². The van der Waals surface area contributed by atoms with Gasteiger partial charge in [0.05, 0.1) is 20.7 Å². The number of nitrogens with zero attached hydrogens (tertiary/aromatic N) is 2. The summed E-state index contributed by atoms with van der Waals surface area (Å²) < 4.78 is 20.6. The Kier molecular flexibility index (Phi) is 5.75. The molecule has 0 amide bonds. The first-order valence-electron chi connectivity index (χ1n) is 8.96. The smallest absolute Gasteiger partial charge is 0.349 e. The van der Waals surface area contributed by atoms with E-state index in [9.17, 15) is 14.0 Å². The van der Waals surface area contributed by atoms with Gasteiger partial charge in [-0.05, 0) is 76.2 Å². The Labute approximate surface area is 183 Å². The molecule has 0 aliphatic heterocycles. The summed E-state index contributed by atoms with van der Waals surface area (Å²) in [6.45, 7) is 0.239. The summed E-state index contributed by atoms with van der Waals surface area (Å²) in [5, 5.41) is 4.43. The van der Waals surface area contributed by atoms with E-state index in [0.29, 0.717) is 22.2 Å². The molecule has 0 atom stereocenters. The van der Waals surface area contributed by atoms with Crippen LogP contribution >= 0.6 is 22.6 Å². The van der Waals surface area contributed by atoms with E-state index in [0.717, 1.165) is 13.8 Å². The topological polar surface area (TPSA) is 76.5 Å². The number of para-hydroxylation sites is 1. The van der Waals surface area contributed by atoms with Crippen LogP contribution in [0.3, 0.4) is 0 Å². The average molecular weight is 515 g/mol. The second-order valence-corrected chi connectivity index (χ2v) is 7.61. The highest BCUT2D eigenvalue weighted by atomic mass is 127. The van der Waals surface area contributed by atoms with Crippen molar-refractivity contribution >= 4 is 39.7 Å². The zero-order valence-electron chi connectivity index (χ0n) is 15.5. The maximum absolute atomic E-state index is 13.3. The first kappa shape index (κ1) is 20.0. The second kappa shape index (κ2) is 8.62. The van der Waals surface area contributed by atoms with Gasteiger partial charge in [-0.25, -0.2) is 9.18 Å². The van der Waals surface area contributed by atoms with Gasteiger partial charge in [0.15, 0.2) is 0 Å². The molecule has 0 aliphatic carbocycles. The highest BCUT2D eigenvalue weighted by Crippen LogP contribution is 2.22. The molecular weight excluding hydrogens is 500 g/mol. The molecule has 1 aromatic heterocycles. The first-order chi connectivity index (χ1) is 14.5. The third-order valence-corrected chi connectivity index (χ3v) is 5.19. The zero-order valence-corrected chi connectivity index (χ0v) is 17.7. The van der Waals surface area contributed by atoms with E-state index in [4.69, 9.17) is 4.74 Å². The SMILES string of the molecule is O=c1[nH]c2ccccc2c(=O)n1N=Cc1ccc(OCc2cccc(F)c2)c(I)c1. The standard InChI is InChI=1S/C22H15FIN3O3/c23-16-5-3-4-15(10-16)13-30-20-9-8-14(11-18(20)24)12-25-27-21(28)17-6-1-2-7-19(17)26-22(27)29/h1-12H,13H2,(H,26,29). The molecule has 1 heterocycles. The molecule has 0 spiro atoms. The van der Waals surface area contributed by atoms with E-state index >= 15 is 0 Å². The quantitative estimate of drug-likeness (QED) is 0.324. The lowest BCUT2D eigenvalue weighted by Gasteiger charge is -2.09. The molecule has 1 N–H and O–H groups in total. The Morgan fingerprint density at radius 3 is 2.70 bits per heavy atom. The van der Waals surface area contributed by atoms with Gasteiger partial charge >= 0.3 is 5.69 Å². The van der Waals surface area contributed by atoms with Crippen molar-refractivity contribution in [2.24, 2.45) is 5.10 Å². The molecule has 3 aromatic carbocycles. The van der Waals surface area contributed by atoms with Gasteiger partial charge < -0.3 is 9.72 Å². The number of benzene rings is 3. The van der Waals surface area contributed by atoms with Crippen LogP contribution < -0.4 is 16.0 Å². The summed E-state index contributed by atoms with van der Waals surface area (Å²) in [6.07, 6.45) is 1.43. The molecule has 0 fully saturated rings. The van der Waals surface area contributed by atoms with Crippen molar-refractivity contribution in [3.05, 3.63) is 108 Å². The molecule has 0 radical (unpaired) electrons. The molecule has 4 rings (SSSR count). The number of hydrogen-bond acceptors (Lipinski definition) is 4. The Morgan fingerprint density at radius 1 is 1.07 bits per heavy atom. The normalized spacial score (nSPS) is 11.3. The van der Waals surface area contributed by atoms with E-state index < -0.39 is 11.2 Å². The van der Waals surface area contributed by atoms with E-state index in [2.05, 4.69) is 32.7 Å². The van der Waals surface area contributed by atoms with Crippen LogP contribution in [0.5, 0.6) is 5.75 Å². The van der Waals surface area contributed by atoms with Crippen LogP contribution in [0, 0.1) is 9.39 Å². The summed E-state index contributed by atoms with van der Waals surface area (Å²) in [4.78, 5) is 27.3. The second-order valence-electron chi connectivity index (χ2n) is 6.45. The molecule has 150 valence electrons. The van der Waals surface area contributed by atoms with Crippen LogP contribution in [-0.4, -0.2) is 15.9 Å². The minimum atomic E-state index is -0.611. The Morgan fingerprint density at radius 2 is 1.90 bits per heavy atom. The van der Waals surface area contributed by atoms with Crippen LogP contribution in [0.15, 0.2) is 81.4 Å². The Bertz CT molecular complexity index is 1380. The number of aromatic amines is 1. The summed E-state index contributed by atoms with van der Waals surface area (Å²) in [7, 11) is 0. The number of H-pyrrole nitrogens is 1. The number of hydrogen-bond donors (Lipinski definition) is 1. The highest BCUT2D eigenvalue weighted by molar-refractivity contribution is 14.1. The minimum absolute atomic E-state index is 0.239. The molecule has 4 aromatic rings. The van der Waals surface area contributed by atoms with Crippen molar-refractivity contribution in [1.29, 1.82) is 0 Å². The Balaban J connectivity index is 1.55.